The maximum absolute atomic E-state index is 12.7. The molecule has 0 radical (unpaired) electrons. The Labute approximate surface area is 149 Å². The van der Waals surface area contributed by atoms with E-state index < -0.39 is 12.0 Å². The van der Waals surface area contributed by atoms with Gasteiger partial charge in [-0.15, -0.1) is 0 Å². The normalized spacial score (nSPS) is 41.1. The number of alkyl halides is 2. The molecule has 22 heavy (non-hydrogen) atoms. The quantitative estimate of drug-likeness (QED) is 0.507. The van der Waals surface area contributed by atoms with Crippen LogP contribution in [-0.4, -0.2) is 55.5 Å². The third-order valence-corrected chi connectivity index (χ3v) is 9.06. The average molecular weight is 455 g/mol. The first-order valence-corrected chi connectivity index (χ1v) is 10.5. The first kappa shape index (κ1) is 16.8. The van der Waals surface area contributed by atoms with Gasteiger partial charge in [-0.3, -0.25) is 14.5 Å². The van der Waals surface area contributed by atoms with Gasteiger partial charge < -0.3 is 5.11 Å². The van der Waals surface area contributed by atoms with Crippen LogP contribution in [0, 0.1) is 23.7 Å². The predicted molar refractivity (Wildman–Crippen MR) is 90.3 cm³/mol. The molecule has 2 aliphatic carbocycles. The highest BCUT2D eigenvalue weighted by Gasteiger charge is 2.67. The molecule has 1 aliphatic heterocycles. The van der Waals surface area contributed by atoms with Gasteiger partial charge in [0.2, 0.25) is 11.8 Å². The second kappa shape index (κ2) is 6.09. The summed E-state index contributed by atoms with van der Waals surface area (Å²) in [5, 5.41) is 9.44. The Kier molecular flexibility index (Phi) is 4.64. The van der Waals surface area contributed by atoms with Crippen molar-refractivity contribution in [3.63, 3.8) is 0 Å². The van der Waals surface area contributed by atoms with E-state index >= 15 is 0 Å². The highest BCUT2D eigenvalue weighted by molar-refractivity contribution is 9.12. The van der Waals surface area contributed by atoms with Gasteiger partial charge >= 0.3 is 5.97 Å². The SMILES string of the molecule is CSCC[C@H](C(=O)O)N1C(=O)[C@@H]2[C@H]3C[C@@H]([C@H](Br)[C@H]3Br)[C@H]2C1=O. The minimum atomic E-state index is -1.09. The number of likely N-dealkylation sites (tertiary alicyclic amines) is 1. The van der Waals surface area contributed by atoms with Crippen molar-refractivity contribution in [3.8, 4) is 0 Å². The zero-order chi connectivity index (χ0) is 16.2. The van der Waals surface area contributed by atoms with E-state index in [0.717, 1.165) is 11.3 Å². The number of aliphatic carboxylic acids is 1. The lowest BCUT2D eigenvalue weighted by Crippen LogP contribution is -2.46. The van der Waals surface area contributed by atoms with Crippen LogP contribution in [0.4, 0.5) is 0 Å². The second-order valence-electron chi connectivity index (χ2n) is 6.19. The molecule has 2 bridgehead atoms. The highest BCUT2D eigenvalue weighted by Crippen LogP contribution is 2.60. The molecule has 1 heterocycles. The van der Waals surface area contributed by atoms with Crippen LogP contribution in [0.15, 0.2) is 0 Å². The number of hydrogen-bond donors (Lipinski definition) is 1. The summed E-state index contributed by atoms with van der Waals surface area (Å²) in [5.74, 6) is -1.47. The van der Waals surface area contributed by atoms with Crippen LogP contribution >= 0.6 is 43.6 Å². The van der Waals surface area contributed by atoms with Crippen molar-refractivity contribution in [1.82, 2.24) is 4.90 Å². The Morgan fingerprint density at radius 2 is 1.77 bits per heavy atom. The fraction of sp³-hybridized carbons (Fsp3) is 0.786. The summed E-state index contributed by atoms with van der Waals surface area (Å²) in [7, 11) is 0. The number of imide groups is 1. The van der Waals surface area contributed by atoms with Crippen molar-refractivity contribution in [2.45, 2.75) is 28.5 Å². The molecule has 3 fully saturated rings. The topological polar surface area (TPSA) is 74.7 Å². The van der Waals surface area contributed by atoms with E-state index in [0.29, 0.717) is 12.2 Å². The monoisotopic (exact) mass is 453 g/mol. The van der Waals surface area contributed by atoms with Gasteiger partial charge in [0.1, 0.15) is 6.04 Å². The maximum atomic E-state index is 12.7. The van der Waals surface area contributed by atoms with Crippen LogP contribution in [0.5, 0.6) is 0 Å². The first-order chi connectivity index (χ1) is 10.4. The fourth-order valence-electron chi connectivity index (χ4n) is 4.27. The van der Waals surface area contributed by atoms with E-state index in [1.807, 2.05) is 6.26 Å². The van der Waals surface area contributed by atoms with Gasteiger partial charge in [-0.1, -0.05) is 31.9 Å². The summed E-state index contributed by atoms with van der Waals surface area (Å²) in [6.07, 6.45) is 3.04. The van der Waals surface area contributed by atoms with E-state index in [2.05, 4.69) is 31.9 Å². The summed E-state index contributed by atoms with van der Waals surface area (Å²) in [4.78, 5) is 38.4. The number of nitrogens with zero attached hydrogens (tertiary/aromatic N) is 1. The van der Waals surface area contributed by atoms with Crippen molar-refractivity contribution in [2.24, 2.45) is 23.7 Å². The number of carboxylic acid groups (broad SMARTS) is 1. The minimum Gasteiger partial charge on any atom is -0.480 e. The average Bonchev–Trinajstić information content (AvgIpc) is 3.06. The van der Waals surface area contributed by atoms with Crippen LogP contribution in [0.1, 0.15) is 12.8 Å². The molecule has 7 atom stereocenters. The summed E-state index contributed by atoms with van der Waals surface area (Å²) < 4.78 is 0. The molecule has 0 unspecified atom stereocenters. The number of halogens is 2. The molecule has 1 saturated heterocycles. The van der Waals surface area contributed by atoms with Crippen LogP contribution in [0.2, 0.25) is 0 Å². The molecule has 2 saturated carbocycles. The predicted octanol–water partition coefficient (Wildman–Crippen LogP) is 1.97. The Morgan fingerprint density at radius 1 is 1.27 bits per heavy atom. The molecular weight excluding hydrogens is 438 g/mol. The minimum absolute atomic E-state index is 0.121. The number of carboxylic acids is 1. The van der Waals surface area contributed by atoms with Gasteiger partial charge in [-0.05, 0) is 36.7 Å². The number of fused-ring (bicyclic) bond motifs is 5. The molecule has 0 aromatic carbocycles. The summed E-state index contributed by atoms with van der Waals surface area (Å²) in [6.45, 7) is 0. The van der Waals surface area contributed by atoms with Gasteiger partial charge in [0.15, 0.2) is 0 Å². The smallest absolute Gasteiger partial charge is 0.326 e. The molecule has 1 N–H and O–H groups in total. The van der Waals surface area contributed by atoms with Crippen LogP contribution in [0.25, 0.3) is 0 Å². The molecule has 2 amide bonds. The van der Waals surface area contributed by atoms with Gasteiger partial charge in [-0.25, -0.2) is 4.79 Å². The third kappa shape index (κ3) is 2.28. The van der Waals surface area contributed by atoms with Crippen molar-refractivity contribution < 1.29 is 19.5 Å². The molecule has 0 aromatic heterocycles. The largest absolute Gasteiger partial charge is 0.480 e. The number of amides is 2. The number of carbonyl (C=O) groups excluding carboxylic acids is 2. The number of hydrogen-bond acceptors (Lipinski definition) is 4. The van der Waals surface area contributed by atoms with Crippen LogP contribution in [-0.2, 0) is 14.4 Å². The summed E-state index contributed by atoms with van der Waals surface area (Å²) in [5.41, 5.74) is 0. The zero-order valence-electron chi connectivity index (χ0n) is 11.9. The van der Waals surface area contributed by atoms with Gasteiger partial charge in [0.25, 0.3) is 0 Å². The lowest BCUT2D eigenvalue weighted by molar-refractivity contribution is -0.155. The van der Waals surface area contributed by atoms with E-state index in [1.54, 1.807) is 0 Å². The summed E-state index contributed by atoms with van der Waals surface area (Å²) >= 11 is 8.76. The molecule has 5 nitrogen and oxygen atoms in total. The molecular formula is C14H17Br2NO4S. The molecule has 3 rings (SSSR count). The van der Waals surface area contributed by atoms with E-state index in [1.165, 1.54) is 11.8 Å². The Bertz CT molecular complexity index is 499. The zero-order valence-corrected chi connectivity index (χ0v) is 15.9. The Hall–Kier alpha value is -0.0800. The lowest BCUT2D eigenvalue weighted by Gasteiger charge is -2.28. The van der Waals surface area contributed by atoms with Crippen LogP contribution in [0.3, 0.4) is 0 Å². The molecule has 0 aromatic rings. The number of thioether (sulfide) groups is 1. The van der Waals surface area contributed by atoms with Crippen LogP contribution < -0.4 is 0 Å². The molecule has 122 valence electrons. The standard InChI is InChI=1S/C14H17Br2NO4S/c1-22-3-2-7(14(20)21)17-12(18)8-5-4-6(9(8)13(17)19)11(16)10(5)15/h5-11H,2-4H2,1H3,(H,20,21)/t5-,6-,7-,8-,9-,10+,11+/m1/s1. The van der Waals surface area contributed by atoms with E-state index in [4.69, 9.17) is 0 Å². The molecule has 8 heteroatoms. The van der Waals surface area contributed by atoms with Crippen molar-refractivity contribution in [1.29, 1.82) is 0 Å². The van der Waals surface area contributed by atoms with Crippen molar-refractivity contribution in [3.05, 3.63) is 0 Å². The van der Waals surface area contributed by atoms with E-state index in [-0.39, 0.29) is 45.1 Å². The summed E-state index contributed by atoms with van der Waals surface area (Å²) in [6, 6.07) is -1.03. The fourth-order valence-corrected chi connectivity index (χ4v) is 6.60. The molecule has 3 aliphatic rings. The first-order valence-electron chi connectivity index (χ1n) is 7.27. The maximum Gasteiger partial charge on any atom is 0.326 e. The van der Waals surface area contributed by atoms with Crippen molar-refractivity contribution in [2.75, 3.05) is 12.0 Å². The highest BCUT2D eigenvalue weighted by atomic mass is 79.9. The third-order valence-electron chi connectivity index (χ3n) is 5.21. The lowest BCUT2D eigenvalue weighted by atomic mass is 9.81. The van der Waals surface area contributed by atoms with Gasteiger partial charge in [-0.2, -0.15) is 11.8 Å². The number of rotatable bonds is 5. The van der Waals surface area contributed by atoms with E-state index in [9.17, 15) is 19.5 Å². The Balaban J connectivity index is 1.88. The van der Waals surface area contributed by atoms with Gasteiger partial charge in [0, 0.05) is 9.65 Å². The second-order valence-corrected chi connectivity index (χ2v) is 9.29. The van der Waals surface area contributed by atoms with Gasteiger partial charge in [0.05, 0.1) is 11.8 Å². The number of carbonyl (C=O) groups is 3. The molecule has 0 spiro atoms. The van der Waals surface area contributed by atoms with Crippen molar-refractivity contribution >= 4 is 61.4 Å². The Morgan fingerprint density at radius 3 is 2.18 bits per heavy atom.